The van der Waals surface area contributed by atoms with E-state index in [0.29, 0.717) is 17.0 Å². The summed E-state index contributed by atoms with van der Waals surface area (Å²) in [5, 5.41) is 13.8. The fraction of sp³-hybridized carbons (Fsp3) is 0.0500. The SMILES string of the molecule is O=C(Cc1ccccc1[N+](=O)[O-])Nc1ccc(-c2cn3cccnc3n2)cc1. The molecule has 2 aromatic heterocycles. The third-order valence-corrected chi connectivity index (χ3v) is 4.24. The predicted octanol–water partition coefficient (Wildman–Crippen LogP) is 3.49. The van der Waals surface area contributed by atoms with Gasteiger partial charge in [0, 0.05) is 41.5 Å². The van der Waals surface area contributed by atoms with Gasteiger partial charge >= 0.3 is 0 Å². The molecule has 138 valence electrons. The van der Waals surface area contributed by atoms with E-state index in [-0.39, 0.29) is 18.0 Å². The molecule has 0 fully saturated rings. The van der Waals surface area contributed by atoms with Crippen molar-refractivity contribution in [3.8, 4) is 11.3 Å². The summed E-state index contributed by atoms with van der Waals surface area (Å²) in [6, 6.07) is 15.3. The molecule has 4 aromatic rings. The first-order valence-electron chi connectivity index (χ1n) is 8.52. The molecule has 0 unspecified atom stereocenters. The Morgan fingerprint density at radius 3 is 2.64 bits per heavy atom. The maximum atomic E-state index is 12.3. The largest absolute Gasteiger partial charge is 0.326 e. The first-order valence-corrected chi connectivity index (χ1v) is 8.52. The van der Waals surface area contributed by atoms with Crippen LogP contribution in [0.25, 0.3) is 17.0 Å². The van der Waals surface area contributed by atoms with Gasteiger partial charge in [-0.05, 0) is 18.2 Å². The third-order valence-electron chi connectivity index (χ3n) is 4.24. The molecule has 8 nitrogen and oxygen atoms in total. The average molecular weight is 373 g/mol. The first-order chi connectivity index (χ1) is 13.6. The predicted molar refractivity (Wildman–Crippen MR) is 104 cm³/mol. The Labute approximate surface area is 159 Å². The van der Waals surface area contributed by atoms with Gasteiger partial charge in [0.1, 0.15) is 0 Å². The summed E-state index contributed by atoms with van der Waals surface area (Å²) in [4.78, 5) is 31.5. The maximum absolute atomic E-state index is 12.3. The molecule has 8 heteroatoms. The molecule has 0 atom stereocenters. The van der Waals surface area contributed by atoms with Crippen molar-refractivity contribution in [3.63, 3.8) is 0 Å². The van der Waals surface area contributed by atoms with Crippen molar-refractivity contribution in [2.45, 2.75) is 6.42 Å². The summed E-state index contributed by atoms with van der Waals surface area (Å²) < 4.78 is 1.83. The summed E-state index contributed by atoms with van der Waals surface area (Å²) in [5.41, 5.74) is 2.58. The van der Waals surface area contributed by atoms with Crippen LogP contribution in [0, 0.1) is 10.1 Å². The second kappa shape index (κ2) is 7.28. The van der Waals surface area contributed by atoms with Gasteiger partial charge in [-0.2, -0.15) is 0 Å². The number of carbonyl (C=O) groups excluding carboxylic acids is 1. The van der Waals surface area contributed by atoms with Crippen LogP contribution < -0.4 is 5.32 Å². The lowest BCUT2D eigenvalue weighted by Gasteiger charge is -2.06. The van der Waals surface area contributed by atoms with Crippen LogP contribution in [0.15, 0.2) is 73.2 Å². The van der Waals surface area contributed by atoms with Crippen LogP contribution in [0.2, 0.25) is 0 Å². The minimum Gasteiger partial charge on any atom is -0.326 e. The summed E-state index contributed by atoms with van der Waals surface area (Å²) in [5.74, 6) is 0.290. The van der Waals surface area contributed by atoms with E-state index >= 15 is 0 Å². The lowest BCUT2D eigenvalue weighted by Crippen LogP contribution is -2.15. The van der Waals surface area contributed by atoms with Crippen LogP contribution in [0.5, 0.6) is 0 Å². The number of nitrogens with zero attached hydrogens (tertiary/aromatic N) is 4. The molecule has 0 spiro atoms. The molecule has 2 aromatic carbocycles. The number of rotatable bonds is 5. The lowest BCUT2D eigenvalue weighted by atomic mass is 10.1. The van der Waals surface area contributed by atoms with Gasteiger partial charge in [0.05, 0.1) is 17.0 Å². The molecular weight excluding hydrogens is 358 g/mol. The smallest absolute Gasteiger partial charge is 0.273 e. The molecule has 0 bridgehead atoms. The number of fused-ring (bicyclic) bond motifs is 1. The van der Waals surface area contributed by atoms with Crippen molar-refractivity contribution in [2.24, 2.45) is 0 Å². The number of para-hydroxylation sites is 1. The van der Waals surface area contributed by atoms with E-state index in [1.807, 2.05) is 35.0 Å². The number of imidazole rings is 1. The zero-order valence-corrected chi connectivity index (χ0v) is 14.6. The molecular formula is C20H15N5O3. The number of amides is 1. The van der Waals surface area contributed by atoms with Gasteiger partial charge in [0.2, 0.25) is 11.7 Å². The molecule has 0 saturated heterocycles. The highest BCUT2D eigenvalue weighted by molar-refractivity contribution is 5.93. The number of hydrogen-bond donors (Lipinski definition) is 1. The summed E-state index contributed by atoms with van der Waals surface area (Å²) in [6.07, 6.45) is 5.36. The maximum Gasteiger partial charge on any atom is 0.273 e. The van der Waals surface area contributed by atoms with Crippen molar-refractivity contribution >= 4 is 23.1 Å². The normalized spacial score (nSPS) is 10.7. The molecule has 0 radical (unpaired) electrons. The number of carbonyl (C=O) groups is 1. The Balaban J connectivity index is 1.47. The van der Waals surface area contributed by atoms with Crippen LogP contribution in [0.3, 0.4) is 0 Å². The van der Waals surface area contributed by atoms with Crippen LogP contribution in [0.1, 0.15) is 5.56 Å². The van der Waals surface area contributed by atoms with Gasteiger partial charge in [-0.3, -0.25) is 19.3 Å². The number of nitro groups is 1. The summed E-state index contributed by atoms with van der Waals surface area (Å²) in [6.45, 7) is 0. The minimum absolute atomic E-state index is 0.0616. The number of anilines is 1. The highest BCUT2D eigenvalue weighted by Gasteiger charge is 2.15. The Bertz CT molecular complexity index is 1130. The summed E-state index contributed by atoms with van der Waals surface area (Å²) in [7, 11) is 0. The number of benzene rings is 2. The van der Waals surface area contributed by atoms with Crippen molar-refractivity contribution < 1.29 is 9.72 Å². The van der Waals surface area contributed by atoms with Gasteiger partial charge in [0.15, 0.2) is 0 Å². The van der Waals surface area contributed by atoms with E-state index in [9.17, 15) is 14.9 Å². The second-order valence-corrected chi connectivity index (χ2v) is 6.14. The standard InChI is InChI=1S/C20H15N5O3/c26-19(12-15-4-1-2-5-18(15)25(27)28)22-16-8-6-14(7-9-16)17-13-24-11-3-10-21-20(24)23-17/h1-11,13H,12H2,(H,22,26). The van der Waals surface area contributed by atoms with E-state index in [1.165, 1.54) is 6.07 Å². The first kappa shape index (κ1) is 17.3. The highest BCUT2D eigenvalue weighted by Crippen LogP contribution is 2.22. The fourth-order valence-corrected chi connectivity index (χ4v) is 2.91. The van der Waals surface area contributed by atoms with E-state index in [4.69, 9.17) is 0 Å². The zero-order valence-electron chi connectivity index (χ0n) is 14.6. The van der Waals surface area contributed by atoms with E-state index in [0.717, 1.165) is 11.3 Å². The van der Waals surface area contributed by atoms with Gasteiger partial charge in [-0.1, -0.05) is 30.3 Å². The van der Waals surface area contributed by atoms with Crippen molar-refractivity contribution in [3.05, 3.63) is 88.9 Å². The number of nitro benzene ring substituents is 1. The molecule has 1 N–H and O–H groups in total. The molecule has 1 amide bonds. The lowest BCUT2D eigenvalue weighted by molar-refractivity contribution is -0.385. The van der Waals surface area contributed by atoms with E-state index in [1.54, 1.807) is 36.5 Å². The third kappa shape index (κ3) is 3.56. The molecule has 0 aliphatic heterocycles. The minimum atomic E-state index is -0.485. The molecule has 28 heavy (non-hydrogen) atoms. The molecule has 0 aliphatic rings. The second-order valence-electron chi connectivity index (χ2n) is 6.14. The van der Waals surface area contributed by atoms with Crippen LogP contribution >= 0.6 is 0 Å². The van der Waals surface area contributed by atoms with Gasteiger partial charge < -0.3 is 5.32 Å². The van der Waals surface area contributed by atoms with Crippen LogP contribution in [-0.2, 0) is 11.2 Å². The monoisotopic (exact) mass is 373 g/mol. The van der Waals surface area contributed by atoms with Crippen molar-refractivity contribution in [1.29, 1.82) is 0 Å². The van der Waals surface area contributed by atoms with E-state index in [2.05, 4.69) is 15.3 Å². The number of hydrogen-bond acceptors (Lipinski definition) is 5. The Morgan fingerprint density at radius 1 is 1.11 bits per heavy atom. The van der Waals surface area contributed by atoms with Crippen LogP contribution in [0.4, 0.5) is 11.4 Å². The van der Waals surface area contributed by atoms with Gasteiger partial charge in [-0.15, -0.1) is 0 Å². The molecule has 4 rings (SSSR count). The van der Waals surface area contributed by atoms with Crippen molar-refractivity contribution in [1.82, 2.24) is 14.4 Å². The number of aromatic nitrogens is 3. The quantitative estimate of drug-likeness (QED) is 0.426. The molecule has 2 heterocycles. The zero-order chi connectivity index (χ0) is 19.5. The average Bonchev–Trinajstić information content (AvgIpc) is 3.13. The Kier molecular flexibility index (Phi) is 4.51. The fourth-order valence-electron chi connectivity index (χ4n) is 2.91. The number of nitrogens with one attached hydrogen (secondary N) is 1. The molecule has 0 aliphatic carbocycles. The Morgan fingerprint density at radius 2 is 1.89 bits per heavy atom. The van der Waals surface area contributed by atoms with Gasteiger partial charge in [-0.25, -0.2) is 9.97 Å². The topological polar surface area (TPSA) is 102 Å². The van der Waals surface area contributed by atoms with Crippen LogP contribution in [-0.4, -0.2) is 25.2 Å². The summed E-state index contributed by atoms with van der Waals surface area (Å²) >= 11 is 0. The van der Waals surface area contributed by atoms with Gasteiger partial charge in [0.25, 0.3) is 5.69 Å². The molecule has 0 saturated carbocycles. The van der Waals surface area contributed by atoms with E-state index < -0.39 is 4.92 Å². The van der Waals surface area contributed by atoms with Crippen molar-refractivity contribution in [2.75, 3.05) is 5.32 Å². The highest BCUT2D eigenvalue weighted by atomic mass is 16.6. The Hall–Kier alpha value is -4.07.